The Kier molecular flexibility index (Phi) is 4.28. The average Bonchev–Trinajstić information content (AvgIpc) is 2.15. The zero-order valence-electron chi connectivity index (χ0n) is 9.46. The summed E-state index contributed by atoms with van der Waals surface area (Å²) in [5.41, 5.74) is 0.892. The lowest BCUT2D eigenvalue weighted by Gasteiger charge is -2.10. The molecule has 1 aromatic carbocycles. The fraction of sp³-hybridized carbons (Fsp3) is 0.417. The highest BCUT2D eigenvalue weighted by atomic mass is 19.1. The summed E-state index contributed by atoms with van der Waals surface area (Å²) in [5, 5.41) is 11.5. The highest BCUT2D eigenvalue weighted by Gasteiger charge is 2.06. The first-order valence-electron chi connectivity index (χ1n) is 5.23. The summed E-state index contributed by atoms with van der Waals surface area (Å²) in [7, 11) is 0. The quantitative estimate of drug-likeness (QED) is 0.809. The Morgan fingerprint density at radius 2 is 2.19 bits per heavy atom. The van der Waals surface area contributed by atoms with Crippen LogP contribution in [-0.2, 0) is 11.2 Å². The van der Waals surface area contributed by atoms with Crippen molar-refractivity contribution in [3.8, 4) is 0 Å². The maximum absolute atomic E-state index is 13.5. The van der Waals surface area contributed by atoms with Crippen LogP contribution in [0.4, 0.5) is 10.1 Å². The molecule has 4 heteroatoms. The van der Waals surface area contributed by atoms with Gasteiger partial charge in [0.05, 0.1) is 12.1 Å². The molecule has 1 rings (SSSR count). The molecular formula is C12H16FNO2. The number of carboxylic acid groups (broad SMARTS) is 1. The van der Waals surface area contributed by atoms with Crippen LogP contribution in [0.25, 0.3) is 0 Å². The molecule has 0 saturated heterocycles. The second kappa shape index (κ2) is 5.49. The number of anilines is 1. The Morgan fingerprint density at radius 3 is 2.69 bits per heavy atom. The molecule has 0 aliphatic rings. The maximum Gasteiger partial charge on any atom is 0.307 e. The van der Waals surface area contributed by atoms with Crippen molar-refractivity contribution in [1.82, 2.24) is 0 Å². The lowest BCUT2D eigenvalue weighted by Crippen LogP contribution is -2.09. The lowest BCUT2D eigenvalue weighted by atomic mass is 10.1. The van der Waals surface area contributed by atoms with E-state index in [1.54, 1.807) is 12.1 Å². The van der Waals surface area contributed by atoms with Gasteiger partial charge in [0, 0.05) is 6.54 Å². The zero-order chi connectivity index (χ0) is 12.1. The number of halogens is 1. The average molecular weight is 225 g/mol. The Labute approximate surface area is 94.3 Å². The smallest absolute Gasteiger partial charge is 0.307 e. The van der Waals surface area contributed by atoms with Gasteiger partial charge in [0.15, 0.2) is 0 Å². The summed E-state index contributed by atoms with van der Waals surface area (Å²) in [5.74, 6) is -0.931. The summed E-state index contributed by atoms with van der Waals surface area (Å²) in [6.45, 7) is 4.75. The van der Waals surface area contributed by atoms with E-state index in [0.29, 0.717) is 23.7 Å². The second-order valence-corrected chi connectivity index (χ2v) is 4.16. The molecular weight excluding hydrogens is 209 g/mol. The van der Waals surface area contributed by atoms with Crippen molar-refractivity contribution in [1.29, 1.82) is 0 Å². The van der Waals surface area contributed by atoms with Gasteiger partial charge in [-0.1, -0.05) is 19.9 Å². The van der Waals surface area contributed by atoms with Gasteiger partial charge in [-0.15, -0.1) is 0 Å². The van der Waals surface area contributed by atoms with E-state index in [-0.39, 0.29) is 6.42 Å². The van der Waals surface area contributed by atoms with Gasteiger partial charge in [-0.05, 0) is 23.6 Å². The Bertz CT molecular complexity index is 377. The van der Waals surface area contributed by atoms with Gasteiger partial charge < -0.3 is 10.4 Å². The van der Waals surface area contributed by atoms with Crippen molar-refractivity contribution >= 4 is 11.7 Å². The molecule has 0 heterocycles. The van der Waals surface area contributed by atoms with Gasteiger partial charge in [-0.2, -0.15) is 0 Å². The van der Waals surface area contributed by atoms with Gasteiger partial charge in [-0.25, -0.2) is 4.39 Å². The number of carbonyl (C=O) groups is 1. The van der Waals surface area contributed by atoms with Gasteiger partial charge in [0.2, 0.25) is 0 Å². The molecule has 3 nitrogen and oxygen atoms in total. The van der Waals surface area contributed by atoms with E-state index < -0.39 is 11.8 Å². The molecule has 88 valence electrons. The molecule has 2 N–H and O–H groups in total. The van der Waals surface area contributed by atoms with Crippen LogP contribution in [0.5, 0.6) is 0 Å². The maximum atomic E-state index is 13.5. The largest absolute Gasteiger partial charge is 0.481 e. The van der Waals surface area contributed by atoms with E-state index in [2.05, 4.69) is 5.32 Å². The van der Waals surface area contributed by atoms with E-state index in [4.69, 9.17) is 5.11 Å². The van der Waals surface area contributed by atoms with Gasteiger partial charge in [0.1, 0.15) is 5.82 Å². The van der Waals surface area contributed by atoms with E-state index in [0.717, 1.165) is 0 Å². The molecule has 0 atom stereocenters. The number of rotatable bonds is 5. The number of carboxylic acids is 1. The number of benzene rings is 1. The molecule has 0 amide bonds. The number of aliphatic carboxylic acids is 1. The van der Waals surface area contributed by atoms with Crippen LogP contribution < -0.4 is 5.32 Å². The minimum absolute atomic E-state index is 0.151. The highest BCUT2D eigenvalue weighted by Crippen LogP contribution is 2.16. The third kappa shape index (κ3) is 3.88. The normalized spacial score (nSPS) is 10.5. The van der Waals surface area contributed by atoms with Crippen molar-refractivity contribution < 1.29 is 14.3 Å². The van der Waals surface area contributed by atoms with Crippen LogP contribution in [0, 0.1) is 11.7 Å². The van der Waals surface area contributed by atoms with Crippen LogP contribution in [0.3, 0.4) is 0 Å². The van der Waals surface area contributed by atoms with Crippen molar-refractivity contribution in [2.24, 2.45) is 5.92 Å². The third-order valence-corrected chi connectivity index (χ3v) is 2.09. The summed E-state index contributed by atoms with van der Waals surface area (Å²) in [6.07, 6.45) is -0.151. The van der Waals surface area contributed by atoms with Crippen LogP contribution in [0.1, 0.15) is 19.4 Å². The lowest BCUT2D eigenvalue weighted by molar-refractivity contribution is -0.136. The first-order valence-corrected chi connectivity index (χ1v) is 5.23. The molecule has 0 spiro atoms. The van der Waals surface area contributed by atoms with Crippen LogP contribution in [0.2, 0.25) is 0 Å². The Morgan fingerprint density at radius 1 is 1.50 bits per heavy atom. The fourth-order valence-corrected chi connectivity index (χ4v) is 1.30. The summed E-state index contributed by atoms with van der Waals surface area (Å²) < 4.78 is 13.5. The molecule has 16 heavy (non-hydrogen) atoms. The first kappa shape index (κ1) is 12.5. The molecule has 0 aromatic heterocycles. The highest BCUT2D eigenvalue weighted by molar-refractivity contribution is 5.70. The predicted octanol–water partition coefficient (Wildman–Crippen LogP) is 2.52. The Balaban J connectivity index is 2.71. The monoisotopic (exact) mass is 225 g/mol. The zero-order valence-corrected chi connectivity index (χ0v) is 9.46. The van der Waals surface area contributed by atoms with Crippen LogP contribution >= 0.6 is 0 Å². The van der Waals surface area contributed by atoms with Crippen LogP contribution in [-0.4, -0.2) is 17.6 Å². The minimum Gasteiger partial charge on any atom is -0.481 e. The van der Waals surface area contributed by atoms with Crippen molar-refractivity contribution in [2.75, 3.05) is 11.9 Å². The topological polar surface area (TPSA) is 49.3 Å². The number of hydrogen-bond acceptors (Lipinski definition) is 2. The minimum atomic E-state index is -0.956. The number of nitrogens with one attached hydrogen (secondary N) is 1. The molecule has 0 aliphatic heterocycles. The van der Waals surface area contributed by atoms with Gasteiger partial charge in [-0.3, -0.25) is 4.79 Å². The molecule has 0 saturated carbocycles. The van der Waals surface area contributed by atoms with Gasteiger partial charge >= 0.3 is 5.97 Å². The van der Waals surface area contributed by atoms with E-state index in [1.807, 2.05) is 13.8 Å². The SMILES string of the molecule is CC(C)CNc1ccc(CC(=O)O)cc1F. The molecule has 0 fully saturated rings. The first-order chi connectivity index (χ1) is 7.49. The third-order valence-electron chi connectivity index (χ3n) is 2.09. The fourth-order valence-electron chi connectivity index (χ4n) is 1.30. The second-order valence-electron chi connectivity index (χ2n) is 4.16. The van der Waals surface area contributed by atoms with Crippen molar-refractivity contribution in [2.45, 2.75) is 20.3 Å². The molecule has 1 aromatic rings. The standard InChI is InChI=1S/C12H16FNO2/c1-8(2)7-14-11-4-3-9(5-10(11)13)6-12(15)16/h3-5,8,14H,6-7H2,1-2H3,(H,15,16). The predicted molar refractivity (Wildman–Crippen MR) is 61.1 cm³/mol. The van der Waals surface area contributed by atoms with Gasteiger partial charge in [0.25, 0.3) is 0 Å². The van der Waals surface area contributed by atoms with E-state index >= 15 is 0 Å². The molecule has 0 unspecified atom stereocenters. The van der Waals surface area contributed by atoms with Crippen molar-refractivity contribution in [3.05, 3.63) is 29.6 Å². The number of hydrogen-bond donors (Lipinski definition) is 2. The Hall–Kier alpha value is -1.58. The van der Waals surface area contributed by atoms with Crippen molar-refractivity contribution in [3.63, 3.8) is 0 Å². The van der Waals surface area contributed by atoms with Crippen LogP contribution in [0.15, 0.2) is 18.2 Å². The summed E-state index contributed by atoms with van der Waals surface area (Å²) in [4.78, 5) is 10.4. The molecule has 0 radical (unpaired) electrons. The molecule has 0 bridgehead atoms. The summed E-state index contributed by atoms with van der Waals surface area (Å²) in [6, 6.07) is 4.46. The molecule has 0 aliphatic carbocycles. The van der Waals surface area contributed by atoms with E-state index in [1.165, 1.54) is 6.07 Å². The van der Waals surface area contributed by atoms with E-state index in [9.17, 15) is 9.18 Å². The summed E-state index contributed by atoms with van der Waals surface area (Å²) >= 11 is 0.